The lowest BCUT2D eigenvalue weighted by atomic mass is 9.85. The molecule has 1 aliphatic rings. The third-order valence-corrected chi connectivity index (χ3v) is 6.78. The van der Waals surface area contributed by atoms with Gasteiger partial charge in [-0.05, 0) is 98.6 Å². The molecule has 4 aromatic rings. The second-order valence-corrected chi connectivity index (χ2v) is 10.6. The van der Waals surface area contributed by atoms with Crippen LogP contribution in [0.25, 0.3) is 0 Å². The third kappa shape index (κ3) is 6.21. The fourth-order valence-electron chi connectivity index (χ4n) is 4.62. The number of methoxy groups -OCH3 is 1. The minimum Gasteiger partial charge on any atom is -0.497 e. The third-order valence-electron chi connectivity index (χ3n) is 6.53. The molecule has 0 spiro atoms. The molecule has 8 heteroatoms. The Morgan fingerprint density at radius 3 is 2.42 bits per heavy atom. The quantitative estimate of drug-likeness (QED) is 0.233. The highest BCUT2D eigenvalue weighted by Gasteiger charge is 2.28. The predicted octanol–water partition coefficient (Wildman–Crippen LogP) is 7.19. The number of carbonyl (C=O) groups is 2. The number of anilines is 1. The highest BCUT2D eigenvalue weighted by atomic mass is 35.5. The molecule has 0 radical (unpaired) electrons. The Morgan fingerprint density at radius 1 is 0.975 bits per heavy atom. The maximum absolute atomic E-state index is 13.2. The zero-order valence-corrected chi connectivity index (χ0v) is 23.2. The number of fused-ring (bicyclic) bond motifs is 1. The van der Waals surface area contributed by atoms with E-state index < -0.39 is 0 Å². The molecule has 0 fully saturated rings. The highest BCUT2D eigenvalue weighted by molar-refractivity contribution is 6.30. The minimum absolute atomic E-state index is 0.0611. The van der Waals surface area contributed by atoms with Crippen LogP contribution < -0.4 is 14.8 Å². The van der Waals surface area contributed by atoms with Crippen molar-refractivity contribution in [1.82, 2.24) is 4.98 Å². The monoisotopic (exact) mass is 553 g/mol. The molecule has 5 rings (SSSR count). The van der Waals surface area contributed by atoms with Crippen molar-refractivity contribution < 1.29 is 19.1 Å². The molecule has 3 aromatic carbocycles. The van der Waals surface area contributed by atoms with Crippen LogP contribution in [0.15, 0.2) is 90.1 Å². The maximum Gasteiger partial charge on any atom is 0.261 e. The SMILES string of the molecule is COc1ccc2c(c1)C(CC(=O)c1ccc(NC(=O)c3cccnc3Oc3ccc(Cl)cc3)cc1)=NC(C)(C)C2. The number of nitrogens with one attached hydrogen (secondary N) is 1. The average molecular weight is 554 g/mol. The van der Waals surface area contributed by atoms with E-state index in [0.717, 1.165) is 29.0 Å². The van der Waals surface area contributed by atoms with Crippen molar-refractivity contribution in [1.29, 1.82) is 0 Å². The topological polar surface area (TPSA) is 89.9 Å². The van der Waals surface area contributed by atoms with Gasteiger partial charge in [0.1, 0.15) is 17.1 Å². The van der Waals surface area contributed by atoms with E-state index in [1.807, 2.05) is 18.2 Å². The second kappa shape index (κ2) is 11.3. The van der Waals surface area contributed by atoms with Gasteiger partial charge in [-0.2, -0.15) is 0 Å². The summed E-state index contributed by atoms with van der Waals surface area (Å²) in [5.74, 6) is 0.956. The molecule has 0 unspecified atom stereocenters. The van der Waals surface area contributed by atoms with E-state index in [1.54, 1.807) is 74.0 Å². The molecule has 1 N–H and O–H groups in total. The maximum atomic E-state index is 13.2. The molecule has 0 aliphatic carbocycles. The molecule has 0 saturated heterocycles. The van der Waals surface area contributed by atoms with Crippen molar-refractivity contribution >= 4 is 34.7 Å². The first-order chi connectivity index (χ1) is 19.2. The van der Waals surface area contributed by atoms with Gasteiger partial charge in [0.2, 0.25) is 5.88 Å². The van der Waals surface area contributed by atoms with Crippen LogP contribution in [0.2, 0.25) is 5.02 Å². The van der Waals surface area contributed by atoms with E-state index in [1.165, 1.54) is 0 Å². The Labute approximate surface area is 237 Å². The van der Waals surface area contributed by atoms with Crippen LogP contribution in [-0.2, 0) is 6.42 Å². The Morgan fingerprint density at radius 2 is 1.70 bits per heavy atom. The summed E-state index contributed by atoms with van der Waals surface area (Å²) < 4.78 is 11.2. The normalized spacial score (nSPS) is 13.6. The number of aliphatic imine (C=N–C) groups is 1. The number of benzene rings is 3. The number of carbonyl (C=O) groups excluding carboxylic acids is 2. The highest BCUT2D eigenvalue weighted by Crippen LogP contribution is 2.31. The van der Waals surface area contributed by atoms with Crippen molar-refractivity contribution in [3.63, 3.8) is 0 Å². The Kier molecular flexibility index (Phi) is 7.67. The van der Waals surface area contributed by atoms with E-state index >= 15 is 0 Å². The van der Waals surface area contributed by atoms with Crippen LogP contribution >= 0.6 is 11.6 Å². The van der Waals surface area contributed by atoms with Crippen molar-refractivity contribution in [2.75, 3.05) is 12.4 Å². The molecule has 7 nitrogen and oxygen atoms in total. The number of Topliss-reactive ketones (excluding diaryl/α,β-unsaturated/α-hetero) is 1. The van der Waals surface area contributed by atoms with Gasteiger partial charge in [-0.3, -0.25) is 14.6 Å². The zero-order valence-electron chi connectivity index (χ0n) is 22.4. The molecule has 2 heterocycles. The van der Waals surface area contributed by atoms with Gasteiger partial charge in [0.05, 0.1) is 24.8 Å². The molecule has 0 bridgehead atoms. The average Bonchev–Trinajstić information content (AvgIpc) is 2.94. The minimum atomic E-state index is -0.388. The summed E-state index contributed by atoms with van der Waals surface area (Å²) in [5, 5.41) is 3.43. The molecule has 1 amide bonds. The van der Waals surface area contributed by atoms with Crippen LogP contribution in [-0.4, -0.2) is 35.0 Å². The fraction of sp³-hybridized carbons (Fsp3) is 0.188. The van der Waals surface area contributed by atoms with Gasteiger partial charge >= 0.3 is 0 Å². The number of halogens is 1. The van der Waals surface area contributed by atoms with E-state index in [9.17, 15) is 9.59 Å². The van der Waals surface area contributed by atoms with Gasteiger partial charge in [-0.25, -0.2) is 4.98 Å². The number of rotatable bonds is 8. The molecular weight excluding hydrogens is 526 g/mol. The van der Waals surface area contributed by atoms with E-state index in [0.29, 0.717) is 22.0 Å². The second-order valence-electron chi connectivity index (χ2n) is 10.1. The lowest BCUT2D eigenvalue weighted by Crippen LogP contribution is -2.30. The van der Waals surface area contributed by atoms with Crippen molar-refractivity contribution in [3.05, 3.63) is 112 Å². The van der Waals surface area contributed by atoms with Crippen LogP contribution in [0.1, 0.15) is 52.1 Å². The first-order valence-corrected chi connectivity index (χ1v) is 13.2. The van der Waals surface area contributed by atoms with Gasteiger partial charge in [0.25, 0.3) is 5.91 Å². The number of hydrogen-bond donors (Lipinski definition) is 1. The standard InChI is InChI=1S/C32H28ClN3O4/c1-32(2)19-21-8-13-25(39-3)17-27(21)28(36-32)18-29(37)20-6-11-23(12-7-20)35-30(38)26-5-4-16-34-31(26)40-24-14-9-22(33)10-15-24/h4-17H,18-19H2,1-3H3,(H,35,38). The van der Waals surface area contributed by atoms with Gasteiger partial charge in [-0.15, -0.1) is 0 Å². The molecule has 0 atom stereocenters. The molecule has 1 aliphatic heterocycles. The molecule has 202 valence electrons. The number of ketones is 1. The molecular formula is C32H28ClN3O4. The van der Waals surface area contributed by atoms with E-state index in [2.05, 4.69) is 24.1 Å². The Balaban J connectivity index is 1.29. The molecule has 40 heavy (non-hydrogen) atoms. The smallest absolute Gasteiger partial charge is 0.261 e. The number of amides is 1. The van der Waals surface area contributed by atoms with Crippen molar-refractivity contribution in [2.45, 2.75) is 32.2 Å². The molecule has 0 saturated carbocycles. The van der Waals surface area contributed by atoms with Gasteiger partial charge in [-0.1, -0.05) is 17.7 Å². The summed E-state index contributed by atoms with van der Waals surface area (Å²) in [4.78, 5) is 35.4. The Hall–Kier alpha value is -4.49. The number of aromatic nitrogens is 1. The van der Waals surface area contributed by atoms with Crippen molar-refractivity contribution in [3.8, 4) is 17.4 Å². The summed E-state index contributed by atoms with van der Waals surface area (Å²) in [6.07, 6.45) is 2.51. The lowest BCUT2D eigenvalue weighted by molar-refractivity contribution is 0.0998. The number of nitrogens with zero attached hydrogens (tertiary/aromatic N) is 2. The van der Waals surface area contributed by atoms with Crippen molar-refractivity contribution in [2.24, 2.45) is 4.99 Å². The van der Waals surface area contributed by atoms with Crippen LogP contribution in [0, 0.1) is 0 Å². The first kappa shape index (κ1) is 27.1. The zero-order chi connectivity index (χ0) is 28.3. The summed E-state index contributed by atoms with van der Waals surface area (Å²) >= 11 is 5.94. The van der Waals surface area contributed by atoms with Gasteiger partial charge in [0.15, 0.2) is 5.78 Å². The summed E-state index contributed by atoms with van der Waals surface area (Å²) in [6.45, 7) is 4.13. The Bertz CT molecular complexity index is 1600. The van der Waals surface area contributed by atoms with Gasteiger partial charge in [0, 0.05) is 28.0 Å². The number of hydrogen-bond acceptors (Lipinski definition) is 6. The summed E-state index contributed by atoms with van der Waals surface area (Å²) in [7, 11) is 1.62. The van der Waals surface area contributed by atoms with Crippen LogP contribution in [0.5, 0.6) is 17.4 Å². The fourth-order valence-corrected chi connectivity index (χ4v) is 4.75. The van der Waals surface area contributed by atoms with Gasteiger partial charge < -0.3 is 14.8 Å². The summed E-state index contributed by atoms with van der Waals surface area (Å²) in [6, 6.07) is 22.8. The van der Waals surface area contributed by atoms with Crippen LogP contribution in [0.3, 0.4) is 0 Å². The lowest BCUT2D eigenvalue weighted by Gasteiger charge is -2.29. The number of ether oxygens (including phenoxy) is 2. The van der Waals surface area contributed by atoms with Crippen LogP contribution in [0.4, 0.5) is 5.69 Å². The number of pyridine rings is 1. The van der Waals surface area contributed by atoms with E-state index in [-0.39, 0.29) is 35.1 Å². The molecule has 1 aromatic heterocycles. The summed E-state index contributed by atoms with van der Waals surface area (Å²) in [5.41, 5.74) is 3.88. The predicted molar refractivity (Wildman–Crippen MR) is 156 cm³/mol. The van der Waals surface area contributed by atoms with E-state index in [4.69, 9.17) is 26.1 Å². The largest absolute Gasteiger partial charge is 0.497 e. The first-order valence-electron chi connectivity index (χ1n) is 12.8.